The van der Waals surface area contributed by atoms with Gasteiger partial charge in [0.05, 0.1) is 29.1 Å². The number of halogens is 2. The zero-order chi connectivity index (χ0) is 13.8. The van der Waals surface area contributed by atoms with Gasteiger partial charge in [0.15, 0.2) is 0 Å². The van der Waals surface area contributed by atoms with Gasteiger partial charge in [0, 0.05) is 12.1 Å². The molecule has 2 aromatic rings. The van der Waals surface area contributed by atoms with Gasteiger partial charge >= 0.3 is 0 Å². The van der Waals surface area contributed by atoms with Crippen LogP contribution in [0.2, 0.25) is 5.02 Å². The average Bonchev–Trinajstić information content (AvgIpc) is 2.68. The Kier molecular flexibility index (Phi) is 5.02. The Labute approximate surface area is 126 Å². The van der Waals surface area contributed by atoms with Crippen molar-refractivity contribution in [1.82, 2.24) is 9.78 Å². The van der Waals surface area contributed by atoms with Crippen LogP contribution in [0.3, 0.4) is 0 Å². The third-order valence-electron chi connectivity index (χ3n) is 2.96. The first-order valence-electron chi connectivity index (χ1n) is 6.14. The normalized spacial score (nSPS) is 10.9. The molecule has 2 rings (SSSR count). The fourth-order valence-corrected chi connectivity index (χ4v) is 2.77. The van der Waals surface area contributed by atoms with Crippen molar-refractivity contribution in [2.75, 3.05) is 0 Å². The highest BCUT2D eigenvalue weighted by Gasteiger charge is 2.12. The summed E-state index contributed by atoms with van der Waals surface area (Å²) in [6.45, 7) is 3.09. The number of benzene rings is 1. The molecule has 0 saturated carbocycles. The number of hydrogen-bond donors (Lipinski definition) is 0. The second kappa shape index (κ2) is 6.55. The van der Waals surface area contributed by atoms with E-state index in [1.807, 2.05) is 36.0 Å². The molecule has 0 aliphatic rings. The summed E-state index contributed by atoms with van der Waals surface area (Å²) in [6, 6.07) is 7.71. The first-order valence-corrected chi connectivity index (χ1v) is 7.32. The van der Waals surface area contributed by atoms with Crippen LogP contribution in [0.25, 0.3) is 0 Å². The smallest absolute Gasteiger partial charge is 0.0900 e. The van der Waals surface area contributed by atoms with E-state index >= 15 is 0 Å². The molecule has 102 valence electrons. The van der Waals surface area contributed by atoms with Crippen molar-refractivity contribution in [1.29, 1.82) is 0 Å². The van der Waals surface area contributed by atoms with Gasteiger partial charge in [-0.3, -0.25) is 4.68 Å². The average molecular weight is 344 g/mol. The monoisotopic (exact) mass is 342 g/mol. The van der Waals surface area contributed by atoms with E-state index in [0.717, 1.165) is 32.9 Å². The van der Waals surface area contributed by atoms with Crippen molar-refractivity contribution in [3.63, 3.8) is 0 Å². The summed E-state index contributed by atoms with van der Waals surface area (Å²) < 4.78 is 8.63. The van der Waals surface area contributed by atoms with Crippen LogP contribution in [0.15, 0.2) is 28.7 Å². The van der Waals surface area contributed by atoms with Crippen LogP contribution in [-0.4, -0.2) is 9.78 Å². The third kappa shape index (κ3) is 3.38. The second-order valence-electron chi connectivity index (χ2n) is 4.27. The largest absolute Gasteiger partial charge is 0.370 e. The Morgan fingerprint density at radius 3 is 2.68 bits per heavy atom. The topological polar surface area (TPSA) is 27.1 Å². The number of rotatable bonds is 5. The summed E-state index contributed by atoms with van der Waals surface area (Å²) in [5.74, 6) is 0. The standard InChI is InChI=1S/C14H16BrClN2O/c1-3-12-14(15)13(18(2)17-12)9-19-8-10-6-4-5-7-11(10)16/h4-7H,3,8-9H2,1-2H3. The molecule has 0 saturated heterocycles. The van der Waals surface area contributed by atoms with Crippen LogP contribution in [0, 0.1) is 0 Å². The molecule has 1 aromatic heterocycles. The van der Waals surface area contributed by atoms with E-state index in [1.165, 1.54) is 0 Å². The predicted octanol–water partition coefficient (Wildman–Crippen LogP) is 4.12. The van der Waals surface area contributed by atoms with Crippen molar-refractivity contribution in [3.8, 4) is 0 Å². The fraction of sp³-hybridized carbons (Fsp3) is 0.357. The molecule has 5 heteroatoms. The van der Waals surface area contributed by atoms with Crippen LogP contribution in [0.4, 0.5) is 0 Å². The molecule has 0 aliphatic heterocycles. The predicted molar refractivity (Wildman–Crippen MR) is 80.2 cm³/mol. The van der Waals surface area contributed by atoms with Gasteiger partial charge in [0.2, 0.25) is 0 Å². The highest BCUT2D eigenvalue weighted by Crippen LogP contribution is 2.23. The molecule has 1 aromatic carbocycles. The van der Waals surface area contributed by atoms with E-state index in [1.54, 1.807) is 0 Å². The van der Waals surface area contributed by atoms with Gasteiger partial charge in [-0.1, -0.05) is 36.7 Å². The molecule has 0 fully saturated rings. The van der Waals surface area contributed by atoms with Gasteiger partial charge in [-0.05, 0) is 34.0 Å². The molecule has 0 N–H and O–H groups in total. The maximum Gasteiger partial charge on any atom is 0.0900 e. The molecule has 1 heterocycles. The minimum atomic E-state index is 0.499. The van der Waals surface area contributed by atoms with E-state index in [9.17, 15) is 0 Å². The zero-order valence-corrected chi connectivity index (χ0v) is 13.3. The number of hydrogen-bond acceptors (Lipinski definition) is 2. The van der Waals surface area contributed by atoms with E-state index in [0.29, 0.717) is 13.2 Å². The molecule has 0 spiro atoms. The minimum absolute atomic E-state index is 0.499. The number of ether oxygens (including phenoxy) is 1. The van der Waals surface area contributed by atoms with Crippen LogP contribution in [0.1, 0.15) is 23.9 Å². The molecule has 0 radical (unpaired) electrons. The highest BCUT2D eigenvalue weighted by atomic mass is 79.9. The summed E-state index contributed by atoms with van der Waals surface area (Å²) in [5.41, 5.74) is 3.10. The van der Waals surface area contributed by atoms with Crippen molar-refractivity contribution in [3.05, 3.63) is 50.7 Å². The fourth-order valence-electron chi connectivity index (χ4n) is 1.85. The van der Waals surface area contributed by atoms with E-state index in [4.69, 9.17) is 16.3 Å². The minimum Gasteiger partial charge on any atom is -0.370 e. The van der Waals surface area contributed by atoms with Gasteiger partial charge in [-0.2, -0.15) is 5.10 Å². The lowest BCUT2D eigenvalue weighted by molar-refractivity contribution is 0.102. The first-order chi connectivity index (χ1) is 9.13. The van der Waals surface area contributed by atoms with Crippen molar-refractivity contribution in [2.24, 2.45) is 7.05 Å². The van der Waals surface area contributed by atoms with Crippen molar-refractivity contribution >= 4 is 27.5 Å². The van der Waals surface area contributed by atoms with Crippen LogP contribution in [-0.2, 0) is 31.4 Å². The summed E-state index contributed by atoms with van der Waals surface area (Å²) in [6.07, 6.45) is 0.902. The first kappa shape index (κ1) is 14.6. The van der Waals surface area contributed by atoms with Gasteiger partial charge in [0.1, 0.15) is 0 Å². The van der Waals surface area contributed by atoms with Crippen molar-refractivity contribution in [2.45, 2.75) is 26.6 Å². The zero-order valence-electron chi connectivity index (χ0n) is 11.0. The maximum absolute atomic E-state index is 6.09. The number of aromatic nitrogens is 2. The Balaban J connectivity index is 2.00. The molecular weight excluding hydrogens is 328 g/mol. The third-order valence-corrected chi connectivity index (χ3v) is 4.24. The van der Waals surface area contributed by atoms with Crippen LogP contribution >= 0.6 is 27.5 Å². The van der Waals surface area contributed by atoms with E-state index < -0.39 is 0 Å². The summed E-state index contributed by atoms with van der Waals surface area (Å²) in [7, 11) is 1.93. The van der Waals surface area contributed by atoms with E-state index in [-0.39, 0.29) is 0 Å². The molecule has 0 aliphatic carbocycles. The number of nitrogens with zero attached hydrogens (tertiary/aromatic N) is 2. The Hall–Kier alpha value is -0.840. The lowest BCUT2D eigenvalue weighted by Crippen LogP contribution is -2.02. The van der Waals surface area contributed by atoms with Gasteiger partial charge in [-0.25, -0.2) is 0 Å². The summed E-state index contributed by atoms with van der Waals surface area (Å²) in [5, 5.41) is 5.17. The van der Waals surface area contributed by atoms with Crippen LogP contribution < -0.4 is 0 Å². The van der Waals surface area contributed by atoms with Gasteiger partial charge < -0.3 is 4.74 Å². The molecule has 0 amide bonds. The quantitative estimate of drug-likeness (QED) is 0.816. The highest BCUT2D eigenvalue weighted by molar-refractivity contribution is 9.10. The summed E-state index contributed by atoms with van der Waals surface area (Å²) in [4.78, 5) is 0. The molecular formula is C14H16BrClN2O. The maximum atomic E-state index is 6.09. The van der Waals surface area contributed by atoms with Gasteiger partial charge in [0.25, 0.3) is 0 Å². The Morgan fingerprint density at radius 1 is 1.32 bits per heavy atom. The molecule has 0 bridgehead atoms. The van der Waals surface area contributed by atoms with Crippen molar-refractivity contribution < 1.29 is 4.74 Å². The SMILES string of the molecule is CCc1nn(C)c(COCc2ccccc2Cl)c1Br. The molecule has 0 unspecified atom stereocenters. The lowest BCUT2D eigenvalue weighted by atomic mass is 10.2. The second-order valence-corrected chi connectivity index (χ2v) is 5.47. The molecule has 19 heavy (non-hydrogen) atoms. The molecule has 3 nitrogen and oxygen atoms in total. The van der Waals surface area contributed by atoms with E-state index in [2.05, 4.69) is 28.0 Å². The summed E-state index contributed by atoms with van der Waals surface area (Å²) >= 11 is 9.66. The Bertz CT molecular complexity index is 569. The lowest BCUT2D eigenvalue weighted by Gasteiger charge is -2.07. The van der Waals surface area contributed by atoms with Gasteiger partial charge in [-0.15, -0.1) is 0 Å². The molecule has 0 atom stereocenters. The Morgan fingerprint density at radius 2 is 2.05 bits per heavy atom. The number of aryl methyl sites for hydroxylation is 2. The van der Waals surface area contributed by atoms with Crippen LogP contribution in [0.5, 0.6) is 0 Å².